The molecule has 7 nitrogen and oxygen atoms in total. The molecule has 34 heavy (non-hydrogen) atoms. The van der Waals surface area contributed by atoms with Crippen LogP contribution in [-0.2, 0) is 0 Å². The first-order chi connectivity index (χ1) is 16.1. The van der Waals surface area contributed by atoms with Gasteiger partial charge in [0.1, 0.15) is 17.3 Å². The number of hydrogen-bond donors (Lipinski definition) is 2. The lowest BCUT2D eigenvalue weighted by molar-refractivity contribution is -0.173. The van der Waals surface area contributed by atoms with Crippen molar-refractivity contribution in [2.45, 2.75) is 24.7 Å². The van der Waals surface area contributed by atoms with Gasteiger partial charge in [0.2, 0.25) is 0 Å². The van der Waals surface area contributed by atoms with E-state index in [1.54, 1.807) is 24.3 Å². The Balaban J connectivity index is 1.64. The number of ether oxygens (including phenoxy) is 2. The van der Waals surface area contributed by atoms with Gasteiger partial charge in [0.05, 0.1) is 36.0 Å². The van der Waals surface area contributed by atoms with Crippen LogP contribution in [0.15, 0.2) is 42.5 Å². The number of halogens is 5. The van der Waals surface area contributed by atoms with E-state index in [2.05, 4.69) is 15.7 Å². The molecule has 180 valence electrons. The topological polar surface area (TPSA) is 77.4 Å². The molecular weight excluding hydrogens is 496 g/mol. The van der Waals surface area contributed by atoms with Crippen LogP contribution in [0.4, 0.5) is 24.7 Å². The summed E-state index contributed by atoms with van der Waals surface area (Å²) in [5.41, 5.74) is 0.655. The summed E-state index contributed by atoms with van der Waals surface area (Å²) in [4.78, 5) is 12.8. The van der Waals surface area contributed by atoms with Gasteiger partial charge >= 0.3 is 6.18 Å². The molecule has 3 aromatic rings. The van der Waals surface area contributed by atoms with E-state index in [-0.39, 0.29) is 23.0 Å². The summed E-state index contributed by atoms with van der Waals surface area (Å²) in [7, 11) is 2.90. The molecule has 0 saturated heterocycles. The van der Waals surface area contributed by atoms with E-state index in [9.17, 15) is 18.0 Å². The zero-order valence-corrected chi connectivity index (χ0v) is 19.4. The maximum atomic E-state index is 13.9. The van der Waals surface area contributed by atoms with Crippen molar-refractivity contribution >= 4 is 40.6 Å². The number of carbonyl (C=O) groups excluding carboxylic acids is 1. The third kappa shape index (κ3) is 4.74. The molecule has 1 aliphatic rings. The largest absolute Gasteiger partial charge is 0.497 e. The number of methoxy groups -OCH3 is 2. The Hall–Kier alpha value is -3.11. The second-order valence-electron chi connectivity index (χ2n) is 7.54. The molecule has 1 amide bonds. The molecule has 0 fully saturated rings. The number of aromatic nitrogens is 2. The molecule has 4 rings (SSSR count). The van der Waals surface area contributed by atoms with Crippen LogP contribution >= 0.6 is 23.2 Å². The highest BCUT2D eigenvalue weighted by Crippen LogP contribution is 2.44. The van der Waals surface area contributed by atoms with E-state index in [0.717, 1.165) is 4.68 Å². The van der Waals surface area contributed by atoms with Gasteiger partial charge in [-0.25, -0.2) is 4.68 Å². The lowest BCUT2D eigenvalue weighted by Gasteiger charge is -2.33. The van der Waals surface area contributed by atoms with Gasteiger partial charge in [0, 0.05) is 18.6 Å². The molecule has 0 unspecified atom stereocenters. The minimum absolute atomic E-state index is 0.0523. The Labute approximate surface area is 202 Å². The molecule has 0 saturated carbocycles. The second-order valence-corrected chi connectivity index (χ2v) is 8.36. The van der Waals surface area contributed by atoms with Gasteiger partial charge in [0.25, 0.3) is 5.91 Å². The minimum atomic E-state index is -4.59. The van der Waals surface area contributed by atoms with Crippen LogP contribution in [0, 0.1) is 0 Å². The highest BCUT2D eigenvalue weighted by atomic mass is 35.5. The molecule has 0 radical (unpaired) electrons. The van der Waals surface area contributed by atoms with E-state index in [1.807, 2.05) is 0 Å². The van der Waals surface area contributed by atoms with E-state index in [0.29, 0.717) is 27.8 Å². The standard InChI is InChI=1S/C22H19Cl2F3N4O3/c1-33-12-4-6-15(18(8-12)34-2)29-21(32)17-10-20-28-16(11-3-5-13(23)14(24)7-11)9-19(22(25,26)27)31(20)30-17/h3-8,10,16,19,28H,9H2,1-2H3,(H,29,32)/t16-,19-/m0/s1. The van der Waals surface area contributed by atoms with Crippen LogP contribution in [0.1, 0.15) is 34.6 Å². The molecule has 2 heterocycles. The number of anilines is 2. The molecule has 1 aliphatic heterocycles. The molecule has 0 bridgehead atoms. The highest BCUT2D eigenvalue weighted by molar-refractivity contribution is 6.42. The number of carbonyl (C=O) groups is 1. The summed E-state index contributed by atoms with van der Waals surface area (Å²) >= 11 is 12.0. The first-order valence-electron chi connectivity index (χ1n) is 10.0. The summed E-state index contributed by atoms with van der Waals surface area (Å²) in [6, 6.07) is 7.99. The van der Waals surface area contributed by atoms with Gasteiger partial charge in [-0.15, -0.1) is 0 Å². The van der Waals surface area contributed by atoms with Gasteiger partial charge in [-0.05, 0) is 29.8 Å². The average molecular weight is 515 g/mol. The van der Waals surface area contributed by atoms with Crippen molar-refractivity contribution in [3.05, 3.63) is 63.8 Å². The molecule has 2 N–H and O–H groups in total. The summed E-state index contributed by atoms with van der Waals surface area (Å²) in [5, 5.41) is 10.1. The molecule has 2 atom stereocenters. The first-order valence-corrected chi connectivity index (χ1v) is 10.8. The van der Waals surface area contributed by atoms with Crippen LogP contribution < -0.4 is 20.1 Å². The molecular formula is C22H19Cl2F3N4O3. The number of amides is 1. The first kappa shape index (κ1) is 24.0. The van der Waals surface area contributed by atoms with Gasteiger partial charge in [-0.2, -0.15) is 18.3 Å². The van der Waals surface area contributed by atoms with E-state index in [4.69, 9.17) is 32.7 Å². The van der Waals surface area contributed by atoms with Gasteiger partial charge < -0.3 is 20.1 Å². The Bertz CT molecular complexity index is 1230. The van der Waals surface area contributed by atoms with Crippen molar-refractivity contribution in [1.82, 2.24) is 9.78 Å². The van der Waals surface area contributed by atoms with Gasteiger partial charge in [-0.3, -0.25) is 4.79 Å². The third-order valence-corrected chi connectivity index (χ3v) is 6.16. The van der Waals surface area contributed by atoms with Crippen LogP contribution in [0.3, 0.4) is 0 Å². The van der Waals surface area contributed by atoms with Crippen molar-refractivity contribution in [2.75, 3.05) is 24.9 Å². The van der Waals surface area contributed by atoms with E-state index in [1.165, 1.54) is 32.4 Å². The zero-order valence-electron chi connectivity index (χ0n) is 17.9. The lowest BCUT2D eigenvalue weighted by atomic mass is 9.97. The van der Waals surface area contributed by atoms with Crippen molar-refractivity contribution in [3.63, 3.8) is 0 Å². The fraction of sp³-hybridized carbons (Fsp3) is 0.273. The summed E-state index contributed by atoms with van der Waals surface area (Å²) in [6.45, 7) is 0. The molecule has 12 heteroatoms. The Morgan fingerprint density at radius 3 is 2.53 bits per heavy atom. The Morgan fingerprint density at radius 1 is 1.12 bits per heavy atom. The molecule has 2 aromatic carbocycles. The van der Waals surface area contributed by atoms with E-state index < -0.39 is 24.2 Å². The number of hydrogen-bond acceptors (Lipinski definition) is 5. The maximum Gasteiger partial charge on any atom is 0.410 e. The fourth-order valence-corrected chi connectivity index (χ4v) is 4.03. The van der Waals surface area contributed by atoms with E-state index >= 15 is 0 Å². The molecule has 0 aliphatic carbocycles. The fourth-order valence-electron chi connectivity index (χ4n) is 3.72. The van der Waals surface area contributed by atoms with Crippen LogP contribution in [-0.4, -0.2) is 36.1 Å². The maximum absolute atomic E-state index is 13.9. The number of alkyl halides is 3. The summed E-state index contributed by atoms with van der Waals surface area (Å²) in [6.07, 6.45) is -4.94. The number of nitrogens with zero attached hydrogens (tertiary/aromatic N) is 2. The molecule has 0 spiro atoms. The van der Waals surface area contributed by atoms with Crippen molar-refractivity contribution in [2.24, 2.45) is 0 Å². The number of rotatable bonds is 5. The number of nitrogens with one attached hydrogen (secondary N) is 2. The number of fused-ring (bicyclic) bond motifs is 1. The van der Waals surface area contributed by atoms with Crippen molar-refractivity contribution < 1.29 is 27.4 Å². The predicted octanol–water partition coefficient (Wildman–Crippen LogP) is 6.12. The predicted molar refractivity (Wildman–Crippen MR) is 122 cm³/mol. The van der Waals surface area contributed by atoms with Gasteiger partial charge in [0.15, 0.2) is 11.7 Å². The van der Waals surface area contributed by atoms with Crippen molar-refractivity contribution in [1.29, 1.82) is 0 Å². The zero-order chi connectivity index (χ0) is 24.6. The second kappa shape index (κ2) is 9.27. The van der Waals surface area contributed by atoms with Crippen LogP contribution in [0.25, 0.3) is 0 Å². The third-order valence-electron chi connectivity index (χ3n) is 5.43. The molecule has 1 aromatic heterocycles. The van der Waals surface area contributed by atoms with Crippen LogP contribution in [0.2, 0.25) is 10.0 Å². The van der Waals surface area contributed by atoms with Crippen molar-refractivity contribution in [3.8, 4) is 11.5 Å². The van der Waals surface area contributed by atoms with Gasteiger partial charge in [-0.1, -0.05) is 29.3 Å². The van der Waals surface area contributed by atoms with Crippen LogP contribution in [0.5, 0.6) is 11.5 Å². The SMILES string of the molecule is COc1ccc(NC(=O)c2cc3n(n2)[C@H](C(F)(F)F)C[C@@H](c2ccc(Cl)c(Cl)c2)N3)c(OC)c1. The monoisotopic (exact) mass is 514 g/mol. The quantitative estimate of drug-likeness (QED) is 0.428. The average Bonchev–Trinajstić information content (AvgIpc) is 3.24. The normalized spacial score (nSPS) is 17.5. The number of benzene rings is 2. The Morgan fingerprint density at radius 2 is 1.88 bits per heavy atom. The lowest BCUT2D eigenvalue weighted by Crippen LogP contribution is -2.35. The summed E-state index contributed by atoms with van der Waals surface area (Å²) in [5.74, 6) is 0.191. The highest BCUT2D eigenvalue weighted by Gasteiger charge is 2.47. The Kier molecular flexibility index (Phi) is 6.55. The minimum Gasteiger partial charge on any atom is -0.497 e. The smallest absolute Gasteiger partial charge is 0.410 e. The summed E-state index contributed by atoms with van der Waals surface area (Å²) < 4.78 is 52.9.